The highest BCUT2D eigenvalue weighted by Crippen LogP contribution is 2.45. The molecule has 0 aromatic carbocycles. The van der Waals surface area contributed by atoms with Gasteiger partial charge < -0.3 is 25.6 Å². The third-order valence-electron chi connectivity index (χ3n) is 7.57. The first kappa shape index (κ1) is 26.5. The van der Waals surface area contributed by atoms with Gasteiger partial charge in [-0.05, 0) is 78.1 Å². The largest absolute Gasteiger partial charge is 0.444 e. The van der Waals surface area contributed by atoms with E-state index in [1.807, 2.05) is 0 Å². The fourth-order valence-corrected chi connectivity index (χ4v) is 5.26. The maximum atomic E-state index is 13.6. The zero-order valence-electron chi connectivity index (χ0n) is 21.9. The van der Waals surface area contributed by atoms with Crippen LogP contribution in [0.25, 0.3) is 0 Å². The SMILES string of the molecule is CC(C)(C)OC(=O)N[C@H]1CCCCC/C=C\C2C[C@@]2(C(=O)NCC2CC2)NC(=O)[C@@H]2CCCN2C1=O. The molecule has 9 nitrogen and oxygen atoms in total. The number of rotatable bonds is 4. The zero-order chi connectivity index (χ0) is 25.9. The van der Waals surface area contributed by atoms with Crippen LogP contribution in [0, 0.1) is 11.8 Å². The monoisotopic (exact) mass is 502 g/mol. The number of carbonyl (C=O) groups is 4. The molecule has 9 heteroatoms. The van der Waals surface area contributed by atoms with Crippen LogP contribution in [-0.4, -0.2) is 65.0 Å². The molecule has 0 radical (unpaired) electrons. The van der Waals surface area contributed by atoms with Crippen molar-refractivity contribution in [2.45, 2.75) is 108 Å². The Morgan fingerprint density at radius 3 is 2.61 bits per heavy atom. The minimum Gasteiger partial charge on any atom is -0.444 e. The highest BCUT2D eigenvalue weighted by molar-refractivity contribution is 5.98. The van der Waals surface area contributed by atoms with Crippen LogP contribution in [0.2, 0.25) is 0 Å². The van der Waals surface area contributed by atoms with Crippen molar-refractivity contribution >= 4 is 23.8 Å². The molecule has 2 saturated carbocycles. The first-order chi connectivity index (χ1) is 17.1. The van der Waals surface area contributed by atoms with Crippen molar-refractivity contribution in [1.29, 1.82) is 0 Å². The number of hydrogen-bond donors (Lipinski definition) is 3. The minimum atomic E-state index is -0.936. The van der Waals surface area contributed by atoms with Gasteiger partial charge in [0.15, 0.2) is 0 Å². The molecule has 2 heterocycles. The van der Waals surface area contributed by atoms with Crippen LogP contribution in [0.1, 0.15) is 85.0 Å². The van der Waals surface area contributed by atoms with Crippen molar-refractivity contribution in [1.82, 2.24) is 20.9 Å². The van der Waals surface area contributed by atoms with Gasteiger partial charge in [-0.25, -0.2) is 4.79 Å². The second-order valence-corrected chi connectivity index (χ2v) is 11.9. The lowest BCUT2D eigenvalue weighted by Gasteiger charge is -2.30. The molecule has 2 aliphatic heterocycles. The summed E-state index contributed by atoms with van der Waals surface area (Å²) in [6, 6.07) is -1.40. The molecule has 4 rings (SSSR count). The van der Waals surface area contributed by atoms with Crippen LogP contribution < -0.4 is 16.0 Å². The van der Waals surface area contributed by atoms with E-state index in [9.17, 15) is 19.2 Å². The summed E-state index contributed by atoms with van der Waals surface area (Å²) < 4.78 is 5.40. The number of allylic oxidation sites excluding steroid dienone is 1. The number of amides is 4. The Labute approximate surface area is 214 Å². The number of carbonyl (C=O) groups excluding carboxylic acids is 4. The summed E-state index contributed by atoms with van der Waals surface area (Å²) in [6.07, 6.45) is 11.7. The Balaban J connectivity index is 1.50. The van der Waals surface area contributed by atoms with Gasteiger partial charge in [0.2, 0.25) is 17.7 Å². The molecule has 0 aromatic heterocycles. The third-order valence-corrected chi connectivity index (χ3v) is 7.57. The number of alkyl carbamates (subject to hydrolysis) is 1. The van der Waals surface area contributed by atoms with E-state index in [0.29, 0.717) is 44.7 Å². The molecular weight excluding hydrogens is 460 g/mol. The summed E-state index contributed by atoms with van der Waals surface area (Å²) in [6.45, 7) is 6.44. The van der Waals surface area contributed by atoms with Gasteiger partial charge in [-0.3, -0.25) is 14.4 Å². The van der Waals surface area contributed by atoms with E-state index in [-0.39, 0.29) is 23.6 Å². The predicted octanol–water partition coefficient (Wildman–Crippen LogP) is 2.79. The summed E-state index contributed by atoms with van der Waals surface area (Å²) in [5, 5.41) is 8.86. The Kier molecular flexibility index (Phi) is 7.95. The van der Waals surface area contributed by atoms with Crippen LogP contribution in [-0.2, 0) is 19.1 Å². The van der Waals surface area contributed by atoms with E-state index in [4.69, 9.17) is 4.74 Å². The van der Waals surface area contributed by atoms with Gasteiger partial charge in [0.1, 0.15) is 23.2 Å². The maximum Gasteiger partial charge on any atom is 0.408 e. The first-order valence-corrected chi connectivity index (χ1v) is 13.7. The van der Waals surface area contributed by atoms with E-state index in [1.54, 1.807) is 25.7 Å². The summed E-state index contributed by atoms with van der Waals surface area (Å²) in [4.78, 5) is 54.3. The fraction of sp³-hybridized carbons (Fsp3) is 0.778. The van der Waals surface area contributed by atoms with Crippen molar-refractivity contribution in [2.24, 2.45) is 11.8 Å². The fourth-order valence-electron chi connectivity index (χ4n) is 5.26. The Hall–Kier alpha value is -2.58. The molecule has 1 unspecified atom stereocenters. The topological polar surface area (TPSA) is 117 Å². The van der Waals surface area contributed by atoms with Gasteiger partial charge in [0.05, 0.1) is 0 Å². The lowest BCUT2D eigenvalue weighted by atomic mass is 10.0. The maximum absolute atomic E-state index is 13.6. The number of ether oxygens (including phenoxy) is 1. The molecule has 2 aliphatic carbocycles. The minimum absolute atomic E-state index is 0.0297. The lowest BCUT2D eigenvalue weighted by molar-refractivity contribution is -0.141. The van der Waals surface area contributed by atoms with E-state index in [0.717, 1.165) is 38.5 Å². The summed E-state index contributed by atoms with van der Waals surface area (Å²) in [5.41, 5.74) is -1.61. The molecule has 1 saturated heterocycles. The van der Waals surface area contributed by atoms with Crippen molar-refractivity contribution in [3.8, 4) is 0 Å². The molecule has 200 valence electrons. The Morgan fingerprint density at radius 2 is 1.89 bits per heavy atom. The van der Waals surface area contributed by atoms with Gasteiger partial charge >= 0.3 is 6.09 Å². The van der Waals surface area contributed by atoms with Gasteiger partial charge in [-0.15, -0.1) is 0 Å². The normalized spacial score (nSPS) is 32.2. The Bertz CT molecular complexity index is 893. The zero-order valence-corrected chi connectivity index (χ0v) is 21.9. The Morgan fingerprint density at radius 1 is 1.11 bits per heavy atom. The van der Waals surface area contributed by atoms with E-state index in [2.05, 4.69) is 28.1 Å². The molecule has 0 aromatic rings. The highest BCUT2D eigenvalue weighted by Gasteiger charge is 2.60. The number of nitrogens with zero attached hydrogens (tertiary/aromatic N) is 1. The molecule has 36 heavy (non-hydrogen) atoms. The first-order valence-electron chi connectivity index (χ1n) is 13.7. The van der Waals surface area contributed by atoms with E-state index >= 15 is 0 Å². The number of nitrogens with one attached hydrogen (secondary N) is 3. The molecule has 4 atom stereocenters. The van der Waals surface area contributed by atoms with Crippen LogP contribution in [0.5, 0.6) is 0 Å². The van der Waals surface area contributed by atoms with Crippen LogP contribution >= 0.6 is 0 Å². The summed E-state index contributed by atoms with van der Waals surface area (Å²) in [7, 11) is 0. The van der Waals surface area contributed by atoms with E-state index in [1.165, 1.54) is 0 Å². The van der Waals surface area contributed by atoms with Crippen molar-refractivity contribution in [2.75, 3.05) is 13.1 Å². The van der Waals surface area contributed by atoms with Crippen LogP contribution in [0.15, 0.2) is 12.2 Å². The molecule has 0 spiro atoms. The average Bonchev–Trinajstić information content (AvgIpc) is 3.70. The number of hydrogen-bond acceptors (Lipinski definition) is 5. The average molecular weight is 503 g/mol. The molecule has 3 fully saturated rings. The van der Waals surface area contributed by atoms with Crippen LogP contribution in [0.4, 0.5) is 4.79 Å². The molecule has 4 amide bonds. The smallest absolute Gasteiger partial charge is 0.408 e. The summed E-state index contributed by atoms with van der Waals surface area (Å²) >= 11 is 0. The second kappa shape index (κ2) is 10.8. The molecule has 0 bridgehead atoms. The van der Waals surface area contributed by atoms with Crippen molar-refractivity contribution in [3.05, 3.63) is 12.2 Å². The molecule has 4 aliphatic rings. The van der Waals surface area contributed by atoms with Gasteiger partial charge in [0.25, 0.3) is 0 Å². The lowest BCUT2D eigenvalue weighted by Crippen LogP contribution is -2.58. The van der Waals surface area contributed by atoms with E-state index < -0.39 is 29.3 Å². The third kappa shape index (κ3) is 6.59. The predicted molar refractivity (Wildman–Crippen MR) is 135 cm³/mol. The highest BCUT2D eigenvalue weighted by atomic mass is 16.6. The quantitative estimate of drug-likeness (QED) is 0.511. The van der Waals surface area contributed by atoms with Gasteiger partial charge in [-0.2, -0.15) is 0 Å². The number of fused-ring (bicyclic) bond motifs is 2. The molecular formula is C27H42N4O5. The summed E-state index contributed by atoms with van der Waals surface area (Å²) in [5.74, 6) is -0.149. The van der Waals surface area contributed by atoms with Crippen molar-refractivity contribution in [3.63, 3.8) is 0 Å². The second-order valence-electron chi connectivity index (χ2n) is 11.9. The van der Waals surface area contributed by atoms with Gasteiger partial charge in [-0.1, -0.05) is 25.0 Å². The van der Waals surface area contributed by atoms with Crippen LogP contribution in [0.3, 0.4) is 0 Å². The molecule has 3 N–H and O–H groups in total. The standard InChI is InChI=1S/C27H42N4O5/c1-26(2,3)36-25(35)29-20-11-8-6-4-5-7-10-19-16-27(19,24(34)28-17-18-13-14-18)30-22(32)21-12-9-15-31(21)23(20)33/h7,10,18-21H,4-6,8-9,11-17H2,1-3H3,(H,28,34)(H,29,35)(H,30,32)/b10-7-/t19?,20-,21-,27+/m0/s1. The van der Waals surface area contributed by atoms with Crippen molar-refractivity contribution < 1.29 is 23.9 Å². The van der Waals surface area contributed by atoms with Gasteiger partial charge in [0, 0.05) is 19.0 Å².